The number of carbonyl (C=O) groups excluding carboxylic acids is 1. The summed E-state index contributed by atoms with van der Waals surface area (Å²) < 4.78 is 5.56. The Morgan fingerprint density at radius 3 is 3.05 bits per heavy atom. The van der Waals surface area contributed by atoms with Crippen LogP contribution >= 0.6 is 22.9 Å². The molecule has 4 rings (SSSR count). The summed E-state index contributed by atoms with van der Waals surface area (Å²) in [5.74, 6) is -0.142. The number of anilines is 2. The van der Waals surface area contributed by atoms with Crippen molar-refractivity contribution < 1.29 is 9.21 Å². The molecule has 1 saturated carbocycles. The second kappa shape index (κ2) is 5.26. The van der Waals surface area contributed by atoms with Gasteiger partial charge in [-0.25, -0.2) is 4.98 Å². The maximum Gasteiger partial charge on any atom is 0.302 e. The zero-order valence-corrected chi connectivity index (χ0v) is 12.9. The molecule has 0 unspecified atom stereocenters. The molecular formula is C14H11ClN4O2S. The van der Waals surface area contributed by atoms with E-state index in [-0.39, 0.29) is 5.91 Å². The van der Waals surface area contributed by atoms with Crippen molar-refractivity contribution in [2.75, 3.05) is 5.32 Å². The van der Waals surface area contributed by atoms with Crippen LogP contribution < -0.4 is 10.6 Å². The van der Waals surface area contributed by atoms with E-state index in [0.717, 1.165) is 12.8 Å². The van der Waals surface area contributed by atoms with Gasteiger partial charge in [-0.05, 0) is 25.0 Å². The first-order valence-electron chi connectivity index (χ1n) is 6.77. The van der Waals surface area contributed by atoms with Gasteiger partial charge in [-0.3, -0.25) is 10.1 Å². The van der Waals surface area contributed by atoms with Crippen molar-refractivity contribution in [2.24, 2.45) is 0 Å². The van der Waals surface area contributed by atoms with Gasteiger partial charge < -0.3 is 9.73 Å². The highest BCUT2D eigenvalue weighted by Crippen LogP contribution is 2.26. The van der Waals surface area contributed by atoms with Gasteiger partial charge >= 0.3 is 6.01 Å². The highest BCUT2D eigenvalue weighted by Gasteiger charge is 2.24. The van der Waals surface area contributed by atoms with Crippen LogP contribution in [0.1, 0.15) is 23.3 Å². The summed E-state index contributed by atoms with van der Waals surface area (Å²) in [5.41, 5.74) is 1.70. The number of oxazole rings is 1. The van der Waals surface area contributed by atoms with Crippen LogP contribution in [0.2, 0.25) is 5.02 Å². The van der Waals surface area contributed by atoms with Crippen LogP contribution in [0.15, 0.2) is 28.0 Å². The summed E-state index contributed by atoms with van der Waals surface area (Å²) in [5, 5.41) is 8.71. The first kappa shape index (κ1) is 13.5. The lowest BCUT2D eigenvalue weighted by atomic mass is 10.3. The summed E-state index contributed by atoms with van der Waals surface area (Å²) in [6.45, 7) is 0. The highest BCUT2D eigenvalue weighted by molar-refractivity contribution is 7.14. The molecule has 0 aliphatic heterocycles. The molecule has 1 aliphatic carbocycles. The van der Waals surface area contributed by atoms with Crippen LogP contribution in [0.4, 0.5) is 11.1 Å². The van der Waals surface area contributed by atoms with Gasteiger partial charge in [0.1, 0.15) is 11.2 Å². The quantitative estimate of drug-likeness (QED) is 0.762. The topological polar surface area (TPSA) is 80.0 Å². The van der Waals surface area contributed by atoms with Gasteiger partial charge in [0.2, 0.25) is 0 Å². The van der Waals surface area contributed by atoms with Crippen molar-refractivity contribution in [1.29, 1.82) is 0 Å². The number of rotatable bonds is 4. The van der Waals surface area contributed by atoms with Crippen molar-refractivity contribution in [2.45, 2.75) is 18.9 Å². The molecule has 8 heteroatoms. The molecule has 6 nitrogen and oxygen atoms in total. The molecule has 2 N–H and O–H groups in total. The van der Waals surface area contributed by atoms with Gasteiger partial charge in [0.05, 0.1) is 0 Å². The lowest BCUT2D eigenvalue weighted by Gasteiger charge is -1.98. The number of thiazole rings is 1. The first-order valence-corrected chi connectivity index (χ1v) is 8.03. The molecular weight excluding hydrogens is 324 g/mol. The average molecular weight is 335 g/mol. The van der Waals surface area contributed by atoms with E-state index in [1.54, 1.807) is 23.6 Å². The second-order valence-electron chi connectivity index (χ2n) is 5.04. The lowest BCUT2D eigenvalue weighted by Crippen LogP contribution is -2.25. The van der Waals surface area contributed by atoms with E-state index in [2.05, 4.69) is 20.6 Å². The number of hydrogen-bond acceptors (Lipinski definition) is 6. The monoisotopic (exact) mass is 334 g/mol. The molecule has 0 spiro atoms. The molecule has 1 fully saturated rings. The molecule has 0 radical (unpaired) electrons. The summed E-state index contributed by atoms with van der Waals surface area (Å²) >= 11 is 7.23. The number of nitrogens with zero attached hydrogens (tertiary/aromatic N) is 2. The maximum absolute atomic E-state index is 11.9. The molecule has 1 aromatic carbocycles. The fraction of sp³-hybridized carbons (Fsp3) is 0.214. The van der Waals surface area contributed by atoms with Crippen LogP contribution in [0.25, 0.3) is 11.1 Å². The molecule has 1 aliphatic rings. The third kappa shape index (κ3) is 2.77. The number of hydrogen-bond donors (Lipinski definition) is 2. The number of benzene rings is 1. The summed E-state index contributed by atoms with van der Waals surface area (Å²) in [7, 11) is 0. The SMILES string of the molecule is O=C(NC1CC1)c1csc(Nc2nc3ccc(Cl)cc3o2)n1. The van der Waals surface area contributed by atoms with E-state index in [9.17, 15) is 4.79 Å². The maximum atomic E-state index is 11.9. The molecule has 0 atom stereocenters. The van der Waals surface area contributed by atoms with Gasteiger partial charge in [-0.15, -0.1) is 11.3 Å². The highest BCUT2D eigenvalue weighted by atomic mass is 35.5. The normalized spacial score (nSPS) is 14.2. The minimum absolute atomic E-state index is 0.142. The predicted molar refractivity (Wildman–Crippen MR) is 84.9 cm³/mol. The predicted octanol–water partition coefficient (Wildman–Crippen LogP) is 3.57. The van der Waals surface area contributed by atoms with Gasteiger partial charge in [0.25, 0.3) is 5.91 Å². The number of carbonyl (C=O) groups is 1. The molecule has 112 valence electrons. The molecule has 3 aromatic rings. The molecule has 0 saturated heterocycles. The van der Waals surface area contributed by atoms with Gasteiger partial charge in [-0.1, -0.05) is 11.6 Å². The molecule has 0 bridgehead atoms. The average Bonchev–Trinajstić information content (AvgIpc) is 3.03. The molecule has 22 heavy (non-hydrogen) atoms. The number of nitrogens with one attached hydrogen (secondary N) is 2. The Kier molecular flexibility index (Phi) is 3.24. The first-order chi connectivity index (χ1) is 10.7. The van der Waals surface area contributed by atoms with Gasteiger partial charge in [-0.2, -0.15) is 4.98 Å². The molecule has 1 amide bonds. The zero-order valence-electron chi connectivity index (χ0n) is 11.3. The Bertz CT molecular complexity index is 856. The van der Waals surface area contributed by atoms with E-state index in [1.807, 2.05) is 0 Å². The summed E-state index contributed by atoms with van der Waals surface area (Å²) in [6.07, 6.45) is 2.10. The van der Waals surface area contributed by atoms with Gasteiger partial charge in [0, 0.05) is 22.5 Å². The second-order valence-corrected chi connectivity index (χ2v) is 6.34. The van der Waals surface area contributed by atoms with Crippen molar-refractivity contribution in [3.05, 3.63) is 34.3 Å². The van der Waals surface area contributed by atoms with Crippen LogP contribution in [0.5, 0.6) is 0 Å². The van der Waals surface area contributed by atoms with Crippen LogP contribution in [0, 0.1) is 0 Å². The standard InChI is InChI=1S/C14H11ClN4O2S/c15-7-1-4-9-11(5-7)21-13(17-9)19-14-18-10(6-22-14)12(20)16-8-2-3-8/h1,4-6,8H,2-3H2,(H,16,20)(H,17,18,19). The van der Waals surface area contributed by atoms with Crippen molar-refractivity contribution >= 4 is 51.1 Å². The van der Waals surface area contributed by atoms with Crippen molar-refractivity contribution in [3.8, 4) is 0 Å². The summed E-state index contributed by atoms with van der Waals surface area (Å²) in [6, 6.07) is 5.86. The van der Waals surface area contributed by atoms with Crippen LogP contribution in [-0.2, 0) is 0 Å². The van der Waals surface area contributed by atoms with Crippen molar-refractivity contribution in [3.63, 3.8) is 0 Å². The number of halogens is 1. The van der Waals surface area contributed by atoms with E-state index >= 15 is 0 Å². The molecule has 2 aromatic heterocycles. The largest absolute Gasteiger partial charge is 0.423 e. The van der Waals surface area contributed by atoms with Crippen LogP contribution in [0.3, 0.4) is 0 Å². The number of amides is 1. The fourth-order valence-electron chi connectivity index (χ4n) is 1.97. The summed E-state index contributed by atoms with van der Waals surface area (Å²) in [4.78, 5) is 20.4. The fourth-order valence-corrected chi connectivity index (χ4v) is 2.81. The Hall–Kier alpha value is -2.12. The van der Waals surface area contributed by atoms with Crippen LogP contribution in [-0.4, -0.2) is 21.9 Å². The van der Waals surface area contributed by atoms with E-state index in [0.29, 0.717) is 39.0 Å². The minimum atomic E-state index is -0.142. The third-order valence-corrected chi connectivity index (χ3v) is 4.21. The van der Waals surface area contributed by atoms with E-state index in [4.69, 9.17) is 16.0 Å². The molecule has 2 heterocycles. The number of aromatic nitrogens is 2. The Morgan fingerprint density at radius 1 is 1.36 bits per heavy atom. The van der Waals surface area contributed by atoms with Gasteiger partial charge in [0.15, 0.2) is 10.7 Å². The zero-order chi connectivity index (χ0) is 15.1. The third-order valence-electron chi connectivity index (χ3n) is 3.21. The Balaban J connectivity index is 1.52. The Morgan fingerprint density at radius 2 is 2.23 bits per heavy atom. The minimum Gasteiger partial charge on any atom is -0.423 e. The van der Waals surface area contributed by atoms with Crippen molar-refractivity contribution in [1.82, 2.24) is 15.3 Å². The van der Waals surface area contributed by atoms with E-state index < -0.39 is 0 Å². The number of fused-ring (bicyclic) bond motifs is 1. The van der Waals surface area contributed by atoms with E-state index in [1.165, 1.54) is 11.3 Å². The lowest BCUT2D eigenvalue weighted by molar-refractivity contribution is 0.0947. The Labute approximate surface area is 134 Å². The smallest absolute Gasteiger partial charge is 0.302 e.